The number of anilines is 1. The van der Waals surface area contributed by atoms with E-state index in [-0.39, 0.29) is 18.6 Å². The number of rotatable bonds is 5. The van der Waals surface area contributed by atoms with Crippen molar-refractivity contribution < 1.29 is 9.53 Å². The van der Waals surface area contributed by atoms with Gasteiger partial charge in [0.05, 0.1) is 5.69 Å². The summed E-state index contributed by atoms with van der Waals surface area (Å²) < 4.78 is 5.41. The molecule has 114 valence electrons. The standard InChI is InChI=1S/C15H22N4O2/c1-11(2)18-15(16)17-8-5-9-19-12-6-3-4-7-13(12)21-10-14(19)20/h3-4,6-7,11H,5,8-10H2,1-2H3,(H3,16,17,18). The van der Waals surface area contributed by atoms with Gasteiger partial charge in [-0.3, -0.25) is 9.79 Å². The Hall–Kier alpha value is -2.24. The van der Waals surface area contributed by atoms with Crippen molar-refractivity contribution in [3.63, 3.8) is 0 Å². The van der Waals surface area contributed by atoms with Crippen LogP contribution in [0.15, 0.2) is 29.3 Å². The van der Waals surface area contributed by atoms with Crippen LogP contribution in [0.3, 0.4) is 0 Å². The van der Waals surface area contributed by atoms with Crippen molar-refractivity contribution in [3.05, 3.63) is 24.3 Å². The number of guanidine groups is 1. The van der Waals surface area contributed by atoms with Gasteiger partial charge in [0.2, 0.25) is 0 Å². The van der Waals surface area contributed by atoms with Gasteiger partial charge in [0.25, 0.3) is 5.91 Å². The summed E-state index contributed by atoms with van der Waals surface area (Å²) in [5.41, 5.74) is 6.56. The molecule has 0 aliphatic carbocycles. The lowest BCUT2D eigenvalue weighted by atomic mass is 10.2. The highest BCUT2D eigenvalue weighted by molar-refractivity contribution is 5.97. The highest BCUT2D eigenvalue weighted by Gasteiger charge is 2.24. The van der Waals surface area contributed by atoms with Crippen LogP contribution in [-0.4, -0.2) is 37.6 Å². The van der Waals surface area contributed by atoms with E-state index in [2.05, 4.69) is 10.3 Å². The number of ether oxygens (including phenoxy) is 1. The topological polar surface area (TPSA) is 80.0 Å². The van der Waals surface area contributed by atoms with Gasteiger partial charge in [-0.15, -0.1) is 0 Å². The molecule has 0 aromatic heterocycles. The number of nitrogens with one attached hydrogen (secondary N) is 1. The average Bonchev–Trinajstić information content (AvgIpc) is 2.44. The molecule has 1 aromatic rings. The van der Waals surface area contributed by atoms with Crippen molar-refractivity contribution in [3.8, 4) is 5.75 Å². The second kappa shape index (κ2) is 6.97. The third-order valence-corrected chi connectivity index (χ3v) is 3.07. The van der Waals surface area contributed by atoms with Crippen molar-refractivity contribution in [1.29, 1.82) is 0 Å². The number of benzene rings is 1. The lowest BCUT2D eigenvalue weighted by Crippen LogP contribution is -2.40. The quantitative estimate of drug-likeness (QED) is 0.484. The minimum atomic E-state index is -0.0223. The SMILES string of the molecule is CC(C)NC(N)=NCCCN1C(=O)COc2ccccc21. The maximum atomic E-state index is 12.0. The first-order chi connectivity index (χ1) is 10.1. The number of nitrogens with zero attached hydrogens (tertiary/aromatic N) is 2. The van der Waals surface area contributed by atoms with Gasteiger partial charge >= 0.3 is 0 Å². The van der Waals surface area contributed by atoms with E-state index in [9.17, 15) is 4.79 Å². The van der Waals surface area contributed by atoms with Crippen LogP contribution in [0.4, 0.5) is 5.69 Å². The fourth-order valence-electron chi connectivity index (χ4n) is 2.17. The van der Waals surface area contributed by atoms with Crippen LogP contribution in [0.5, 0.6) is 5.75 Å². The van der Waals surface area contributed by atoms with E-state index < -0.39 is 0 Å². The van der Waals surface area contributed by atoms with E-state index in [0.717, 1.165) is 17.9 Å². The number of carbonyl (C=O) groups is 1. The van der Waals surface area contributed by atoms with Crippen LogP contribution in [-0.2, 0) is 4.79 Å². The fraction of sp³-hybridized carbons (Fsp3) is 0.467. The molecule has 3 N–H and O–H groups in total. The zero-order chi connectivity index (χ0) is 15.2. The highest BCUT2D eigenvalue weighted by atomic mass is 16.5. The second-order valence-electron chi connectivity index (χ2n) is 5.22. The Balaban J connectivity index is 1.90. The first-order valence-corrected chi connectivity index (χ1v) is 7.16. The third kappa shape index (κ3) is 4.11. The summed E-state index contributed by atoms with van der Waals surface area (Å²) in [4.78, 5) is 18.0. The van der Waals surface area contributed by atoms with Crippen molar-refractivity contribution >= 4 is 17.6 Å². The van der Waals surface area contributed by atoms with Gasteiger partial charge < -0.3 is 20.7 Å². The van der Waals surface area contributed by atoms with Gasteiger partial charge in [-0.25, -0.2) is 0 Å². The Kier molecular flexibility index (Phi) is 5.03. The number of aliphatic imine (C=N–C) groups is 1. The Bertz CT molecular complexity index is 528. The Morgan fingerprint density at radius 3 is 3.00 bits per heavy atom. The number of hydrogen-bond acceptors (Lipinski definition) is 3. The molecule has 0 bridgehead atoms. The summed E-state index contributed by atoms with van der Waals surface area (Å²) in [5, 5.41) is 3.03. The van der Waals surface area contributed by atoms with Gasteiger partial charge in [-0.05, 0) is 32.4 Å². The Morgan fingerprint density at radius 1 is 1.48 bits per heavy atom. The molecule has 6 heteroatoms. The monoisotopic (exact) mass is 290 g/mol. The van der Waals surface area contributed by atoms with Crippen LogP contribution in [0, 0.1) is 0 Å². The third-order valence-electron chi connectivity index (χ3n) is 3.07. The van der Waals surface area contributed by atoms with E-state index in [1.165, 1.54) is 0 Å². The molecular weight excluding hydrogens is 268 g/mol. The first kappa shape index (κ1) is 15.2. The summed E-state index contributed by atoms with van der Waals surface area (Å²) in [6, 6.07) is 7.83. The lowest BCUT2D eigenvalue weighted by molar-refractivity contribution is -0.121. The van der Waals surface area contributed by atoms with Crippen molar-refractivity contribution in [2.75, 3.05) is 24.6 Å². The molecule has 0 saturated heterocycles. The van der Waals surface area contributed by atoms with Crippen LogP contribution in [0.1, 0.15) is 20.3 Å². The summed E-state index contributed by atoms with van der Waals surface area (Å²) in [6.07, 6.45) is 0.751. The van der Waals surface area contributed by atoms with Gasteiger partial charge in [0.1, 0.15) is 5.75 Å². The molecular formula is C15H22N4O2. The fourth-order valence-corrected chi connectivity index (χ4v) is 2.17. The molecule has 6 nitrogen and oxygen atoms in total. The number of fused-ring (bicyclic) bond motifs is 1. The van der Waals surface area contributed by atoms with E-state index in [4.69, 9.17) is 10.5 Å². The van der Waals surface area contributed by atoms with E-state index in [1.807, 2.05) is 38.1 Å². The zero-order valence-electron chi connectivity index (χ0n) is 12.5. The highest BCUT2D eigenvalue weighted by Crippen LogP contribution is 2.31. The van der Waals surface area contributed by atoms with Crippen LogP contribution in [0.25, 0.3) is 0 Å². The van der Waals surface area contributed by atoms with Gasteiger partial charge in [0.15, 0.2) is 12.6 Å². The Labute approximate surface area is 125 Å². The maximum absolute atomic E-state index is 12.0. The molecule has 1 aromatic carbocycles. The van der Waals surface area contributed by atoms with Gasteiger partial charge in [-0.2, -0.15) is 0 Å². The molecule has 0 radical (unpaired) electrons. The Morgan fingerprint density at radius 2 is 2.24 bits per heavy atom. The zero-order valence-corrected chi connectivity index (χ0v) is 12.5. The smallest absolute Gasteiger partial charge is 0.265 e. The minimum absolute atomic E-state index is 0.0223. The van der Waals surface area contributed by atoms with Crippen LogP contribution >= 0.6 is 0 Å². The minimum Gasteiger partial charge on any atom is -0.482 e. The molecule has 0 atom stereocenters. The van der Waals surface area contributed by atoms with Crippen LogP contribution < -0.4 is 20.7 Å². The second-order valence-corrected chi connectivity index (χ2v) is 5.22. The summed E-state index contributed by atoms with van der Waals surface area (Å²) in [5.74, 6) is 1.17. The van der Waals surface area contributed by atoms with Crippen molar-refractivity contribution in [2.24, 2.45) is 10.7 Å². The number of nitrogens with two attached hydrogens (primary N) is 1. The molecule has 21 heavy (non-hydrogen) atoms. The lowest BCUT2D eigenvalue weighted by Gasteiger charge is -2.29. The van der Waals surface area contributed by atoms with Gasteiger partial charge in [-0.1, -0.05) is 12.1 Å². The molecule has 0 spiro atoms. The van der Waals surface area contributed by atoms with E-state index >= 15 is 0 Å². The maximum Gasteiger partial charge on any atom is 0.265 e. The van der Waals surface area contributed by atoms with Gasteiger partial charge in [0, 0.05) is 19.1 Å². The first-order valence-electron chi connectivity index (χ1n) is 7.16. The predicted molar refractivity (Wildman–Crippen MR) is 83.7 cm³/mol. The van der Waals surface area contributed by atoms with Crippen molar-refractivity contribution in [1.82, 2.24) is 5.32 Å². The normalized spacial score (nSPS) is 14.9. The molecule has 0 saturated carbocycles. The average molecular weight is 290 g/mol. The molecule has 0 unspecified atom stereocenters. The number of para-hydroxylation sites is 2. The molecule has 0 fully saturated rings. The van der Waals surface area contributed by atoms with Crippen molar-refractivity contribution in [2.45, 2.75) is 26.3 Å². The molecule has 1 aliphatic heterocycles. The molecule has 1 aliphatic rings. The number of hydrogen-bond donors (Lipinski definition) is 2. The summed E-state index contributed by atoms with van der Waals surface area (Å²) >= 11 is 0. The van der Waals surface area contributed by atoms with Crippen LogP contribution in [0.2, 0.25) is 0 Å². The summed E-state index contributed by atoms with van der Waals surface area (Å²) in [7, 11) is 0. The number of carbonyl (C=O) groups excluding carboxylic acids is 1. The van der Waals surface area contributed by atoms with E-state index in [0.29, 0.717) is 19.0 Å². The van der Waals surface area contributed by atoms with E-state index in [1.54, 1.807) is 4.90 Å². The predicted octanol–water partition coefficient (Wildman–Crippen LogP) is 1.11. The molecule has 1 heterocycles. The number of amides is 1. The largest absolute Gasteiger partial charge is 0.482 e. The molecule has 1 amide bonds. The molecule has 2 rings (SSSR count). The summed E-state index contributed by atoms with van der Waals surface area (Å²) in [6.45, 7) is 5.30.